The zero-order valence-corrected chi connectivity index (χ0v) is 11.7. The van der Waals surface area contributed by atoms with Crippen molar-refractivity contribution in [2.45, 2.75) is 6.92 Å². The zero-order valence-electron chi connectivity index (χ0n) is 11.7. The smallest absolute Gasteiger partial charge is 0.295 e. The van der Waals surface area contributed by atoms with Crippen LogP contribution < -0.4 is 5.32 Å². The summed E-state index contributed by atoms with van der Waals surface area (Å²) in [6, 6.07) is 10.9. The van der Waals surface area contributed by atoms with Crippen molar-refractivity contribution < 1.29 is 13.7 Å². The fourth-order valence-corrected chi connectivity index (χ4v) is 1.95. The van der Waals surface area contributed by atoms with Gasteiger partial charge in [-0.15, -0.1) is 0 Å². The van der Waals surface area contributed by atoms with Gasteiger partial charge in [-0.05, 0) is 36.8 Å². The molecule has 0 aliphatic rings. The van der Waals surface area contributed by atoms with Crippen LogP contribution in [0.1, 0.15) is 16.1 Å². The third kappa shape index (κ3) is 3.01. The van der Waals surface area contributed by atoms with Crippen LogP contribution in [-0.2, 0) is 0 Å². The fourth-order valence-electron chi connectivity index (χ4n) is 1.95. The topological polar surface area (TPSA) is 68.0 Å². The molecule has 1 N–H and O–H groups in total. The van der Waals surface area contributed by atoms with Crippen molar-refractivity contribution in [1.29, 1.82) is 0 Å². The summed E-state index contributed by atoms with van der Waals surface area (Å²) >= 11 is 0. The van der Waals surface area contributed by atoms with E-state index in [0.717, 1.165) is 5.56 Å². The van der Waals surface area contributed by atoms with Gasteiger partial charge >= 0.3 is 0 Å². The number of carbonyl (C=O) groups is 1. The first-order valence-corrected chi connectivity index (χ1v) is 6.58. The van der Waals surface area contributed by atoms with E-state index >= 15 is 0 Å². The van der Waals surface area contributed by atoms with Crippen LogP contribution in [-0.4, -0.2) is 16.0 Å². The molecule has 1 aromatic carbocycles. The normalized spacial score (nSPS) is 10.5. The fraction of sp³-hybridized carbons (Fsp3) is 0.0625. The van der Waals surface area contributed by atoms with Crippen molar-refractivity contribution in [1.82, 2.24) is 10.1 Å². The molecule has 2 aromatic heterocycles. The molecule has 0 aliphatic carbocycles. The van der Waals surface area contributed by atoms with E-state index in [4.69, 9.17) is 4.52 Å². The summed E-state index contributed by atoms with van der Waals surface area (Å²) in [5.74, 6) is -0.389. The van der Waals surface area contributed by atoms with Crippen LogP contribution in [0, 0.1) is 12.7 Å². The van der Waals surface area contributed by atoms with E-state index in [2.05, 4.69) is 15.5 Å². The molecule has 0 fully saturated rings. The highest BCUT2D eigenvalue weighted by Gasteiger charge is 2.15. The molecule has 0 spiro atoms. The number of benzene rings is 1. The molecule has 2 heterocycles. The highest BCUT2D eigenvalue weighted by molar-refractivity contribution is 6.02. The Kier molecular flexibility index (Phi) is 3.65. The van der Waals surface area contributed by atoms with Gasteiger partial charge in [0.25, 0.3) is 5.91 Å². The van der Waals surface area contributed by atoms with E-state index in [0.29, 0.717) is 17.1 Å². The first-order chi connectivity index (χ1) is 10.6. The lowest BCUT2D eigenvalue weighted by molar-refractivity contribution is 0.0987. The number of aromatic nitrogens is 2. The minimum atomic E-state index is -0.465. The number of hydrogen-bond donors (Lipinski definition) is 1. The van der Waals surface area contributed by atoms with Crippen LogP contribution in [0.4, 0.5) is 10.2 Å². The second-order valence-electron chi connectivity index (χ2n) is 4.76. The maximum absolute atomic E-state index is 13.2. The first kappa shape index (κ1) is 13.9. The van der Waals surface area contributed by atoms with Gasteiger partial charge in [-0.1, -0.05) is 17.3 Å². The third-order valence-electron chi connectivity index (χ3n) is 3.01. The minimum absolute atomic E-state index is 0.0302. The van der Waals surface area contributed by atoms with Crippen molar-refractivity contribution in [2.24, 2.45) is 0 Å². The summed E-state index contributed by atoms with van der Waals surface area (Å²) < 4.78 is 18.2. The lowest BCUT2D eigenvalue weighted by Crippen LogP contribution is -2.12. The Labute approximate surface area is 125 Å². The minimum Gasteiger partial charge on any atom is -0.350 e. The molecular weight excluding hydrogens is 285 g/mol. The first-order valence-electron chi connectivity index (χ1n) is 6.58. The molecule has 0 aliphatic heterocycles. The van der Waals surface area contributed by atoms with E-state index < -0.39 is 5.91 Å². The van der Waals surface area contributed by atoms with E-state index in [1.54, 1.807) is 24.4 Å². The number of amides is 1. The molecule has 0 saturated heterocycles. The van der Waals surface area contributed by atoms with Gasteiger partial charge in [0.1, 0.15) is 17.3 Å². The summed E-state index contributed by atoms with van der Waals surface area (Å²) in [5.41, 5.74) is 1.90. The van der Waals surface area contributed by atoms with Gasteiger partial charge in [-0.25, -0.2) is 9.37 Å². The van der Waals surface area contributed by atoms with Crippen LogP contribution >= 0.6 is 0 Å². The van der Waals surface area contributed by atoms with Gasteiger partial charge in [0.05, 0.1) is 0 Å². The molecule has 0 unspecified atom stereocenters. The number of hydrogen-bond acceptors (Lipinski definition) is 4. The number of pyridine rings is 1. The van der Waals surface area contributed by atoms with E-state index in [-0.39, 0.29) is 11.6 Å². The molecule has 0 radical (unpaired) electrons. The Hall–Kier alpha value is -3.02. The van der Waals surface area contributed by atoms with Gasteiger partial charge in [-0.3, -0.25) is 4.79 Å². The number of anilines is 1. The van der Waals surface area contributed by atoms with Gasteiger partial charge in [0.15, 0.2) is 0 Å². The number of rotatable bonds is 3. The molecular formula is C16H12FN3O2. The van der Waals surface area contributed by atoms with E-state index in [1.807, 2.05) is 13.0 Å². The number of nitrogens with zero attached hydrogens (tertiary/aromatic N) is 2. The van der Waals surface area contributed by atoms with Crippen molar-refractivity contribution >= 4 is 11.7 Å². The maximum atomic E-state index is 13.2. The Balaban J connectivity index is 1.80. The molecule has 1 amide bonds. The van der Waals surface area contributed by atoms with E-state index in [9.17, 15) is 9.18 Å². The molecule has 110 valence electrons. The number of aryl methyl sites for hydroxylation is 1. The molecule has 5 nitrogen and oxygen atoms in total. The quantitative estimate of drug-likeness (QED) is 0.804. The van der Waals surface area contributed by atoms with Gasteiger partial charge in [0.2, 0.25) is 5.76 Å². The van der Waals surface area contributed by atoms with Crippen molar-refractivity contribution in [3.8, 4) is 11.3 Å². The van der Waals surface area contributed by atoms with Gasteiger partial charge in [0, 0.05) is 17.8 Å². The lowest BCUT2D eigenvalue weighted by Gasteiger charge is -2.01. The SMILES string of the molecule is Cc1ccnc(NC(=O)c2cc(-c3cccc(F)c3)no2)c1. The monoisotopic (exact) mass is 297 g/mol. The van der Waals surface area contributed by atoms with Gasteiger partial charge in [-0.2, -0.15) is 0 Å². The molecule has 22 heavy (non-hydrogen) atoms. The molecule has 3 rings (SSSR count). The standard InChI is InChI=1S/C16H12FN3O2/c1-10-5-6-18-15(7-10)19-16(21)14-9-13(20-22-14)11-3-2-4-12(17)8-11/h2-9H,1H3,(H,18,19,21). The van der Waals surface area contributed by atoms with Crippen molar-refractivity contribution in [2.75, 3.05) is 5.32 Å². The molecule has 0 bridgehead atoms. The molecule has 6 heteroatoms. The Morgan fingerprint density at radius 3 is 2.86 bits per heavy atom. The van der Waals surface area contributed by atoms with Crippen LogP contribution in [0.25, 0.3) is 11.3 Å². The maximum Gasteiger partial charge on any atom is 0.295 e. The summed E-state index contributed by atoms with van der Waals surface area (Å²) in [7, 11) is 0. The van der Waals surface area contributed by atoms with Crippen LogP contribution in [0.5, 0.6) is 0 Å². The Morgan fingerprint density at radius 2 is 2.09 bits per heavy atom. The largest absolute Gasteiger partial charge is 0.350 e. The number of halogens is 1. The highest BCUT2D eigenvalue weighted by Crippen LogP contribution is 2.20. The molecule has 3 aromatic rings. The summed E-state index contributed by atoms with van der Waals surface area (Å²) in [6.45, 7) is 1.90. The summed E-state index contributed by atoms with van der Waals surface area (Å²) in [6.07, 6.45) is 1.60. The van der Waals surface area contributed by atoms with Crippen LogP contribution in [0.2, 0.25) is 0 Å². The second-order valence-corrected chi connectivity index (χ2v) is 4.76. The van der Waals surface area contributed by atoms with E-state index in [1.165, 1.54) is 18.2 Å². The predicted octanol–water partition coefficient (Wildman–Crippen LogP) is 3.44. The molecule has 0 saturated carbocycles. The Morgan fingerprint density at radius 1 is 1.23 bits per heavy atom. The number of nitrogens with one attached hydrogen (secondary N) is 1. The average molecular weight is 297 g/mol. The van der Waals surface area contributed by atoms with Crippen molar-refractivity contribution in [3.63, 3.8) is 0 Å². The zero-order chi connectivity index (χ0) is 15.5. The predicted molar refractivity (Wildman–Crippen MR) is 78.8 cm³/mol. The lowest BCUT2D eigenvalue weighted by atomic mass is 10.1. The second kappa shape index (κ2) is 5.77. The third-order valence-corrected chi connectivity index (χ3v) is 3.01. The average Bonchev–Trinajstić information content (AvgIpc) is 2.97. The van der Waals surface area contributed by atoms with Crippen LogP contribution in [0.15, 0.2) is 53.2 Å². The summed E-state index contributed by atoms with van der Waals surface area (Å²) in [5, 5.41) is 6.40. The van der Waals surface area contributed by atoms with Crippen LogP contribution in [0.3, 0.4) is 0 Å². The Bertz CT molecular complexity index is 830. The van der Waals surface area contributed by atoms with Gasteiger partial charge < -0.3 is 9.84 Å². The number of carbonyl (C=O) groups excluding carboxylic acids is 1. The summed E-state index contributed by atoms with van der Waals surface area (Å²) in [4.78, 5) is 16.1. The highest BCUT2D eigenvalue weighted by atomic mass is 19.1. The molecule has 0 atom stereocenters. The van der Waals surface area contributed by atoms with Crippen molar-refractivity contribution in [3.05, 3.63) is 65.8 Å².